The topological polar surface area (TPSA) is 79.5 Å². The number of nitrogens with zero attached hydrogens (tertiary/aromatic N) is 3. The molecule has 6 heteroatoms. The molecule has 1 fully saturated rings. The van der Waals surface area contributed by atoms with Crippen LogP contribution in [-0.4, -0.2) is 39.3 Å². The molecule has 6 nitrogen and oxygen atoms in total. The van der Waals surface area contributed by atoms with Gasteiger partial charge in [-0.05, 0) is 31.7 Å². The van der Waals surface area contributed by atoms with Crippen LogP contribution < -0.4 is 0 Å². The summed E-state index contributed by atoms with van der Waals surface area (Å²) < 4.78 is 5.36. The lowest BCUT2D eigenvalue weighted by Gasteiger charge is -2.31. The van der Waals surface area contributed by atoms with Gasteiger partial charge in [0.2, 0.25) is 11.8 Å². The Kier molecular flexibility index (Phi) is 4.30. The molecule has 2 heterocycles. The molecule has 1 aromatic rings. The van der Waals surface area contributed by atoms with Gasteiger partial charge in [-0.25, -0.2) is 0 Å². The van der Waals surface area contributed by atoms with Gasteiger partial charge in [-0.2, -0.15) is 0 Å². The summed E-state index contributed by atoms with van der Waals surface area (Å²) in [6, 6.07) is 0. The summed E-state index contributed by atoms with van der Waals surface area (Å²) in [5.41, 5.74) is 0. The molecule has 1 aromatic heterocycles. The van der Waals surface area contributed by atoms with Gasteiger partial charge in [-0.3, -0.25) is 9.69 Å². The number of hydrogen-bond acceptors (Lipinski definition) is 5. The van der Waals surface area contributed by atoms with Gasteiger partial charge in [0.05, 0.1) is 6.54 Å². The Balaban J connectivity index is 1.81. The highest BCUT2D eigenvalue weighted by Gasteiger charge is 2.21. The van der Waals surface area contributed by atoms with Crippen LogP contribution >= 0.6 is 0 Å². The molecule has 1 unspecified atom stereocenters. The monoisotopic (exact) mass is 253 g/mol. The molecule has 0 aliphatic carbocycles. The first-order chi connectivity index (χ1) is 8.63. The molecule has 18 heavy (non-hydrogen) atoms. The number of aromatic nitrogens is 2. The van der Waals surface area contributed by atoms with Crippen LogP contribution in [0.15, 0.2) is 4.42 Å². The number of carboxylic acids is 1. The number of aryl methyl sites for hydroxylation is 1. The van der Waals surface area contributed by atoms with E-state index in [0.29, 0.717) is 24.2 Å². The second kappa shape index (κ2) is 5.95. The number of likely N-dealkylation sites (tertiary alicyclic amines) is 1. The van der Waals surface area contributed by atoms with Crippen molar-refractivity contribution in [2.75, 3.05) is 13.1 Å². The standard InChI is InChI=1S/C12H19N3O3/c1-9-13-14-11(18-9)8-15-6-2-3-10(7-15)4-5-12(16)17/h10H,2-8H2,1H3,(H,16,17). The zero-order chi connectivity index (χ0) is 13.0. The van der Waals surface area contributed by atoms with E-state index < -0.39 is 5.97 Å². The Bertz CT molecular complexity index is 405. The third-order valence-electron chi connectivity index (χ3n) is 3.30. The fraction of sp³-hybridized carbons (Fsp3) is 0.750. The van der Waals surface area contributed by atoms with E-state index in [2.05, 4.69) is 15.1 Å². The number of rotatable bonds is 5. The molecule has 100 valence electrons. The predicted octanol–water partition coefficient (Wildman–Crippen LogP) is 1.45. The predicted molar refractivity (Wildman–Crippen MR) is 63.9 cm³/mol. The van der Waals surface area contributed by atoms with Crippen molar-refractivity contribution in [3.63, 3.8) is 0 Å². The van der Waals surface area contributed by atoms with E-state index in [1.54, 1.807) is 6.92 Å². The van der Waals surface area contributed by atoms with E-state index >= 15 is 0 Å². The van der Waals surface area contributed by atoms with Gasteiger partial charge >= 0.3 is 5.97 Å². The maximum Gasteiger partial charge on any atom is 0.303 e. The summed E-state index contributed by atoms with van der Waals surface area (Å²) in [6.45, 7) is 4.40. The van der Waals surface area contributed by atoms with E-state index in [-0.39, 0.29) is 6.42 Å². The highest BCUT2D eigenvalue weighted by Crippen LogP contribution is 2.22. The Morgan fingerprint density at radius 1 is 1.56 bits per heavy atom. The molecule has 0 radical (unpaired) electrons. The smallest absolute Gasteiger partial charge is 0.303 e. The number of piperidine rings is 1. The van der Waals surface area contributed by atoms with Crippen LogP contribution in [0.5, 0.6) is 0 Å². The lowest BCUT2D eigenvalue weighted by molar-refractivity contribution is -0.137. The van der Waals surface area contributed by atoms with Gasteiger partial charge in [0.25, 0.3) is 0 Å². The highest BCUT2D eigenvalue weighted by molar-refractivity contribution is 5.66. The van der Waals surface area contributed by atoms with Crippen molar-refractivity contribution < 1.29 is 14.3 Å². The second-order valence-corrected chi connectivity index (χ2v) is 4.89. The number of hydrogen-bond donors (Lipinski definition) is 1. The number of carbonyl (C=O) groups is 1. The summed E-state index contributed by atoms with van der Waals surface area (Å²) >= 11 is 0. The molecular weight excluding hydrogens is 234 g/mol. The van der Waals surface area contributed by atoms with Crippen LogP contribution in [-0.2, 0) is 11.3 Å². The van der Waals surface area contributed by atoms with E-state index in [1.807, 2.05) is 0 Å². The van der Waals surface area contributed by atoms with Crippen LogP contribution in [0.2, 0.25) is 0 Å². The fourth-order valence-electron chi connectivity index (χ4n) is 2.45. The number of carboxylic acid groups (broad SMARTS) is 1. The molecule has 2 rings (SSSR count). The minimum absolute atomic E-state index is 0.262. The average Bonchev–Trinajstić information content (AvgIpc) is 2.73. The van der Waals surface area contributed by atoms with Crippen molar-refractivity contribution in [2.24, 2.45) is 5.92 Å². The van der Waals surface area contributed by atoms with E-state index in [1.165, 1.54) is 0 Å². The van der Waals surface area contributed by atoms with Gasteiger partial charge in [0.15, 0.2) is 0 Å². The van der Waals surface area contributed by atoms with Gasteiger partial charge in [0, 0.05) is 19.9 Å². The van der Waals surface area contributed by atoms with Crippen molar-refractivity contribution in [1.82, 2.24) is 15.1 Å². The van der Waals surface area contributed by atoms with Crippen molar-refractivity contribution in [3.8, 4) is 0 Å². The molecule has 0 amide bonds. The second-order valence-electron chi connectivity index (χ2n) is 4.89. The van der Waals surface area contributed by atoms with E-state index in [0.717, 1.165) is 32.4 Å². The maximum atomic E-state index is 10.6. The lowest BCUT2D eigenvalue weighted by atomic mass is 9.93. The molecule has 1 N–H and O–H groups in total. The van der Waals surface area contributed by atoms with Crippen molar-refractivity contribution in [1.29, 1.82) is 0 Å². The molecule has 0 spiro atoms. The Morgan fingerprint density at radius 3 is 3.06 bits per heavy atom. The summed E-state index contributed by atoms with van der Waals surface area (Å²) in [5.74, 6) is 0.995. The molecular formula is C12H19N3O3. The first kappa shape index (κ1) is 13.0. The maximum absolute atomic E-state index is 10.6. The van der Waals surface area contributed by atoms with Gasteiger partial charge in [0.1, 0.15) is 0 Å². The first-order valence-corrected chi connectivity index (χ1v) is 6.36. The largest absolute Gasteiger partial charge is 0.481 e. The van der Waals surface area contributed by atoms with Crippen molar-refractivity contribution >= 4 is 5.97 Å². The van der Waals surface area contributed by atoms with Gasteiger partial charge in [-0.15, -0.1) is 10.2 Å². The van der Waals surface area contributed by atoms with Crippen LogP contribution in [0.3, 0.4) is 0 Å². The van der Waals surface area contributed by atoms with Crippen LogP contribution in [0.25, 0.3) is 0 Å². The summed E-state index contributed by atoms with van der Waals surface area (Å²) in [7, 11) is 0. The molecule has 0 saturated carbocycles. The van der Waals surface area contributed by atoms with Crippen molar-refractivity contribution in [3.05, 3.63) is 11.8 Å². The van der Waals surface area contributed by atoms with Gasteiger partial charge < -0.3 is 9.52 Å². The minimum Gasteiger partial charge on any atom is -0.481 e. The molecule has 1 saturated heterocycles. The zero-order valence-electron chi connectivity index (χ0n) is 10.6. The normalized spacial score (nSPS) is 21.1. The minimum atomic E-state index is -0.709. The van der Waals surface area contributed by atoms with Gasteiger partial charge in [-0.1, -0.05) is 0 Å². The van der Waals surface area contributed by atoms with Crippen LogP contribution in [0, 0.1) is 12.8 Å². The Hall–Kier alpha value is -1.43. The zero-order valence-corrected chi connectivity index (χ0v) is 10.6. The Morgan fingerprint density at radius 2 is 2.39 bits per heavy atom. The fourth-order valence-corrected chi connectivity index (χ4v) is 2.45. The van der Waals surface area contributed by atoms with Crippen molar-refractivity contribution in [2.45, 2.75) is 39.2 Å². The summed E-state index contributed by atoms with van der Waals surface area (Å²) in [5, 5.41) is 16.5. The van der Waals surface area contributed by atoms with E-state index in [9.17, 15) is 4.79 Å². The Labute approximate surface area is 106 Å². The molecule has 0 bridgehead atoms. The quantitative estimate of drug-likeness (QED) is 0.855. The highest BCUT2D eigenvalue weighted by atomic mass is 16.4. The van der Waals surface area contributed by atoms with Crippen LogP contribution in [0.1, 0.15) is 37.5 Å². The molecule has 0 aromatic carbocycles. The first-order valence-electron chi connectivity index (χ1n) is 6.36. The molecule has 1 aliphatic rings. The SMILES string of the molecule is Cc1nnc(CN2CCCC(CCC(=O)O)C2)o1. The van der Waals surface area contributed by atoms with Crippen LogP contribution in [0.4, 0.5) is 0 Å². The number of aliphatic carboxylic acids is 1. The molecule has 1 atom stereocenters. The molecule has 1 aliphatic heterocycles. The lowest BCUT2D eigenvalue weighted by Crippen LogP contribution is -2.35. The third-order valence-corrected chi connectivity index (χ3v) is 3.30. The third kappa shape index (κ3) is 3.80. The average molecular weight is 253 g/mol. The summed E-state index contributed by atoms with van der Waals surface area (Å²) in [4.78, 5) is 12.8. The summed E-state index contributed by atoms with van der Waals surface area (Å²) in [6.07, 6.45) is 3.25. The van der Waals surface area contributed by atoms with E-state index in [4.69, 9.17) is 9.52 Å².